The third-order valence-corrected chi connectivity index (χ3v) is 4.12. The molecule has 106 valence electrons. The number of benzene rings is 1. The molecule has 1 aliphatic carbocycles. The van der Waals surface area contributed by atoms with Crippen molar-refractivity contribution in [2.75, 3.05) is 27.3 Å². The molecule has 4 heteroatoms. The zero-order chi connectivity index (χ0) is 13.7. The van der Waals surface area contributed by atoms with Crippen LogP contribution >= 0.6 is 0 Å². The Balaban J connectivity index is 1.89. The Hall–Kier alpha value is -1.26. The van der Waals surface area contributed by atoms with Crippen LogP contribution in [0.3, 0.4) is 0 Å². The normalized spacial score (nSPS) is 16.8. The van der Waals surface area contributed by atoms with Gasteiger partial charge < -0.3 is 20.5 Å². The van der Waals surface area contributed by atoms with Gasteiger partial charge in [0.25, 0.3) is 0 Å². The van der Waals surface area contributed by atoms with Gasteiger partial charge in [0.15, 0.2) is 11.5 Å². The Labute approximate surface area is 115 Å². The van der Waals surface area contributed by atoms with Crippen molar-refractivity contribution in [2.45, 2.75) is 25.8 Å². The monoisotopic (exact) mass is 264 g/mol. The molecule has 0 heterocycles. The third-order valence-electron chi connectivity index (χ3n) is 4.12. The van der Waals surface area contributed by atoms with Crippen molar-refractivity contribution in [3.63, 3.8) is 0 Å². The molecule has 1 aliphatic rings. The summed E-state index contributed by atoms with van der Waals surface area (Å²) < 4.78 is 10.5. The van der Waals surface area contributed by atoms with Crippen LogP contribution in [0.15, 0.2) is 18.2 Å². The lowest BCUT2D eigenvalue weighted by atomic mass is 9.69. The lowest BCUT2D eigenvalue weighted by Crippen LogP contribution is -2.45. The van der Waals surface area contributed by atoms with Crippen LogP contribution in [-0.4, -0.2) is 27.3 Å². The summed E-state index contributed by atoms with van der Waals surface area (Å²) in [5.74, 6) is 1.54. The van der Waals surface area contributed by atoms with Crippen molar-refractivity contribution >= 4 is 0 Å². The molecule has 0 spiro atoms. The molecule has 4 nitrogen and oxygen atoms in total. The average Bonchev–Trinajstić information content (AvgIpc) is 2.41. The zero-order valence-corrected chi connectivity index (χ0v) is 11.9. The summed E-state index contributed by atoms with van der Waals surface area (Å²) >= 11 is 0. The van der Waals surface area contributed by atoms with Crippen LogP contribution in [-0.2, 0) is 6.54 Å². The molecule has 0 aromatic heterocycles. The number of hydrogen-bond acceptors (Lipinski definition) is 4. The molecule has 0 amide bonds. The molecule has 0 unspecified atom stereocenters. The third kappa shape index (κ3) is 3.19. The summed E-state index contributed by atoms with van der Waals surface area (Å²) in [4.78, 5) is 0. The van der Waals surface area contributed by atoms with Crippen LogP contribution in [0, 0.1) is 5.41 Å². The summed E-state index contributed by atoms with van der Waals surface area (Å²) in [7, 11) is 3.31. The minimum absolute atomic E-state index is 0.344. The molecule has 2 rings (SSSR count). The molecule has 1 saturated carbocycles. The van der Waals surface area contributed by atoms with Crippen LogP contribution in [0.2, 0.25) is 0 Å². The maximum absolute atomic E-state index is 5.86. The minimum Gasteiger partial charge on any atom is -0.493 e. The van der Waals surface area contributed by atoms with E-state index in [1.165, 1.54) is 24.8 Å². The second-order valence-electron chi connectivity index (χ2n) is 5.35. The van der Waals surface area contributed by atoms with Crippen LogP contribution in [0.25, 0.3) is 0 Å². The van der Waals surface area contributed by atoms with Crippen molar-refractivity contribution in [3.8, 4) is 11.5 Å². The SMILES string of the molecule is COc1ccc(CNCC2(CN)CCC2)cc1OC. The number of nitrogens with two attached hydrogens (primary N) is 1. The Morgan fingerprint density at radius 2 is 1.95 bits per heavy atom. The largest absolute Gasteiger partial charge is 0.493 e. The lowest BCUT2D eigenvalue weighted by molar-refractivity contribution is 0.141. The zero-order valence-electron chi connectivity index (χ0n) is 11.9. The number of hydrogen-bond donors (Lipinski definition) is 2. The van der Waals surface area contributed by atoms with Crippen LogP contribution in [0.4, 0.5) is 0 Å². The van der Waals surface area contributed by atoms with E-state index < -0.39 is 0 Å². The highest BCUT2D eigenvalue weighted by atomic mass is 16.5. The van der Waals surface area contributed by atoms with E-state index in [9.17, 15) is 0 Å². The topological polar surface area (TPSA) is 56.5 Å². The van der Waals surface area contributed by atoms with Gasteiger partial charge in [0.1, 0.15) is 0 Å². The molecule has 0 saturated heterocycles. The van der Waals surface area contributed by atoms with Gasteiger partial charge in [-0.05, 0) is 42.5 Å². The summed E-state index contributed by atoms with van der Waals surface area (Å²) in [5.41, 5.74) is 7.40. The summed E-state index contributed by atoms with van der Waals surface area (Å²) in [5, 5.41) is 3.51. The van der Waals surface area contributed by atoms with Gasteiger partial charge in [0.2, 0.25) is 0 Å². The van der Waals surface area contributed by atoms with Crippen LogP contribution in [0.1, 0.15) is 24.8 Å². The second-order valence-corrected chi connectivity index (χ2v) is 5.35. The smallest absolute Gasteiger partial charge is 0.161 e. The number of methoxy groups -OCH3 is 2. The molecule has 0 radical (unpaired) electrons. The predicted molar refractivity (Wildman–Crippen MR) is 76.6 cm³/mol. The molecule has 1 aromatic carbocycles. The van der Waals surface area contributed by atoms with E-state index in [0.717, 1.165) is 31.1 Å². The van der Waals surface area contributed by atoms with E-state index in [2.05, 4.69) is 11.4 Å². The van der Waals surface area contributed by atoms with E-state index in [1.807, 2.05) is 12.1 Å². The first-order chi connectivity index (χ1) is 9.23. The van der Waals surface area contributed by atoms with Gasteiger partial charge in [-0.2, -0.15) is 0 Å². The van der Waals surface area contributed by atoms with Gasteiger partial charge in [-0.1, -0.05) is 12.5 Å². The fourth-order valence-corrected chi connectivity index (χ4v) is 2.59. The molecule has 0 bridgehead atoms. The first kappa shape index (κ1) is 14.2. The Morgan fingerprint density at radius 3 is 2.47 bits per heavy atom. The number of nitrogens with one attached hydrogen (secondary N) is 1. The summed E-state index contributed by atoms with van der Waals surface area (Å²) in [6.45, 7) is 2.62. The first-order valence-electron chi connectivity index (χ1n) is 6.85. The Kier molecular flexibility index (Phi) is 4.66. The van der Waals surface area contributed by atoms with Crippen molar-refractivity contribution in [3.05, 3.63) is 23.8 Å². The van der Waals surface area contributed by atoms with Gasteiger partial charge in [0, 0.05) is 13.1 Å². The number of ether oxygens (including phenoxy) is 2. The number of rotatable bonds is 7. The van der Waals surface area contributed by atoms with Gasteiger partial charge >= 0.3 is 0 Å². The molecule has 19 heavy (non-hydrogen) atoms. The quantitative estimate of drug-likeness (QED) is 0.790. The first-order valence-corrected chi connectivity index (χ1v) is 6.85. The van der Waals surface area contributed by atoms with Gasteiger partial charge in [-0.25, -0.2) is 0 Å². The maximum atomic E-state index is 5.86. The second kappa shape index (κ2) is 6.26. The van der Waals surface area contributed by atoms with Gasteiger partial charge in [0.05, 0.1) is 14.2 Å². The minimum atomic E-state index is 0.344. The maximum Gasteiger partial charge on any atom is 0.161 e. The molecular weight excluding hydrogens is 240 g/mol. The van der Waals surface area contributed by atoms with E-state index >= 15 is 0 Å². The fourth-order valence-electron chi connectivity index (χ4n) is 2.59. The molecule has 0 aliphatic heterocycles. The average molecular weight is 264 g/mol. The standard InChI is InChI=1S/C15H24N2O2/c1-18-13-5-4-12(8-14(13)19-2)9-17-11-15(10-16)6-3-7-15/h4-5,8,17H,3,6-7,9-11,16H2,1-2H3. The Bertz CT molecular complexity index is 411. The molecular formula is C15H24N2O2. The molecule has 1 aromatic rings. The van der Waals surface area contributed by atoms with Gasteiger partial charge in [-0.15, -0.1) is 0 Å². The van der Waals surface area contributed by atoms with Crippen LogP contribution < -0.4 is 20.5 Å². The highest BCUT2D eigenvalue weighted by Gasteiger charge is 2.34. The molecule has 0 atom stereocenters. The van der Waals surface area contributed by atoms with Crippen molar-refractivity contribution in [1.29, 1.82) is 0 Å². The summed E-state index contributed by atoms with van der Waals surface area (Å²) in [6, 6.07) is 6.02. The molecule has 1 fully saturated rings. The van der Waals surface area contributed by atoms with E-state index in [-0.39, 0.29) is 0 Å². The van der Waals surface area contributed by atoms with Gasteiger partial charge in [-0.3, -0.25) is 0 Å². The van der Waals surface area contributed by atoms with E-state index in [1.54, 1.807) is 14.2 Å². The highest BCUT2D eigenvalue weighted by molar-refractivity contribution is 5.42. The predicted octanol–water partition coefficient (Wildman–Crippen LogP) is 1.92. The highest BCUT2D eigenvalue weighted by Crippen LogP contribution is 2.39. The van der Waals surface area contributed by atoms with E-state index in [0.29, 0.717) is 5.41 Å². The summed E-state index contributed by atoms with van der Waals surface area (Å²) in [6.07, 6.45) is 3.82. The van der Waals surface area contributed by atoms with Crippen molar-refractivity contribution < 1.29 is 9.47 Å². The fraction of sp³-hybridized carbons (Fsp3) is 0.600. The van der Waals surface area contributed by atoms with Crippen molar-refractivity contribution in [1.82, 2.24) is 5.32 Å². The van der Waals surface area contributed by atoms with E-state index in [4.69, 9.17) is 15.2 Å². The Morgan fingerprint density at radius 1 is 1.21 bits per heavy atom. The van der Waals surface area contributed by atoms with Crippen LogP contribution in [0.5, 0.6) is 11.5 Å². The molecule has 3 N–H and O–H groups in total. The lowest BCUT2D eigenvalue weighted by Gasteiger charge is -2.41. The van der Waals surface area contributed by atoms with Crippen molar-refractivity contribution in [2.24, 2.45) is 11.1 Å².